The van der Waals surface area contributed by atoms with Crippen LogP contribution < -0.4 is 11.5 Å². The van der Waals surface area contributed by atoms with Gasteiger partial charge in [-0.1, -0.05) is 154 Å². The van der Waals surface area contributed by atoms with Crippen LogP contribution in [-0.4, -0.2) is 13.2 Å². The second-order valence-corrected chi connectivity index (χ2v) is 13.2. The predicted octanol–water partition coefficient (Wildman–Crippen LogP) is 13.9. The van der Waals surface area contributed by atoms with Crippen molar-refractivity contribution in [3.05, 3.63) is 48.6 Å². The van der Waals surface area contributed by atoms with Crippen LogP contribution in [0, 0.1) is 0 Å². The number of rotatable bonds is 32. The maximum atomic E-state index is 5.85. The van der Waals surface area contributed by atoms with Crippen LogP contribution in [0.1, 0.15) is 194 Å². The number of hydrogen-bond acceptors (Lipinski definition) is 3. The number of unbranched alkanes of at least 4 members (excludes halogenated alkanes) is 24. The number of anilines is 2. The highest BCUT2D eigenvalue weighted by Gasteiger charge is 1.95. The normalized spacial score (nSPS) is 11.4. The summed E-state index contributed by atoms with van der Waals surface area (Å²) in [6.07, 6.45) is 48.1. The second-order valence-electron chi connectivity index (χ2n) is 13.2. The first kappa shape index (κ1) is 43.3. The predicted molar refractivity (Wildman–Crippen MR) is 205 cm³/mol. The summed E-state index contributed by atoms with van der Waals surface area (Å²) in [6, 6.07) is 7.09. The zero-order valence-corrected chi connectivity index (χ0v) is 30.4. The lowest BCUT2D eigenvalue weighted by Gasteiger charge is -2.05. The lowest BCUT2D eigenvalue weighted by Crippen LogP contribution is -1.97. The zero-order chi connectivity index (χ0) is 32.7. The minimum Gasteiger partial charge on any atom is -0.399 e. The Bertz CT molecular complexity index is 666. The molecule has 0 fully saturated rings. The summed E-state index contributed by atoms with van der Waals surface area (Å²) in [5, 5.41) is 0. The Morgan fingerprint density at radius 2 is 0.622 bits per heavy atom. The standard InChI is InChI=1S/C36H70O.C6H8N2/c1-3-5-7-9-11-13-15-17-19-21-23-25-27-29-31-33-35-37-36-34-32-30-28-26-24-22-20-18-16-14-12-10-8-6-4-2;7-5-1-2-6(8)4-3-5/h17-20H,3-16,21-36H2,1-2H3;1-4H,7-8H2/b19-17-,20-18-;. The van der Waals surface area contributed by atoms with E-state index < -0.39 is 0 Å². The van der Waals surface area contributed by atoms with Crippen molar-refractivity contribution in [3.8, 4) is 0 Å². The minimum atomic E-state index is 0.749. The molecule has 0 aliphatic rings. The first-order valence-electron chi connectivity index (χ1n) is 19.7. The monoisotopic (exact) mass is 627 g/mol. The van der Waals surface area contributed by atoms with Crippen molar-refractivity contribution < 1.29 is 4.74 Å². The summed E-state index contributed by atoms with van der Waals surface area (Å²) >= 11 is 0. The van der Waals surface area contributed by atoms with Gasteiger partial charge in [-0.2, -0.15) is 0 Å². The molecule has 0 aromatic heterocycles. The summed E-state index contributed by atoms with van der Waals surface area (Å²) in [5.41, 5.74) is 12.2. The molecule has 4 N–H and O–H groups in total. The largest absolute Gasteiger partial charge is 0.399 e. The number of hydrogen-bond donors (Lipinski definition) is 2. The van der Waals surface area contributed by atoms with E-state index in [0.717, 1.165) is 24.6 Å². The summed E-state index contributed by atoms with van der Waals surface area (Å²) in [5.74, 6) is 0. The molecule has 0 saturated heterocycles. The molecular formula is C42H78N2O. The van der Waals surface area contributed by atoms with Gasteiger partial charge < -0.3 is 16.2 Å². The van der Waals surface area contributed by atoms with Gasteiger partial charge in [-0.25, -0.2) is 0 Å². The lowest BCUT2D eigenvalue weighted by molar-refractivity contribution is 0.125. The number of allylic oxidation sites excluding steroid dienone is 4. The Kier molecular flexibility index (Phi) is 37.0. The molecule has 1 aromatic rings. The molecular weight excluding hydrogens is 548 g/mol. The van der Waals surface area contributed by atoms with Crippen LogP contribution in [0.25, 0.3) is 0 Å². The highest BCUT2D eigenvalue weighted by atomic mass is 16.5. The molecule has 1 rings (SSSR count). The fraction of sp³-hybridized carbons (Fsp3) is 0.762. The van der Waals surface area contributed by atoms with Crippen LogP contribution in [0.5, 0.6) is 0 Å². The molecule has 0 saturated carbocycles. The average molecular weight is 627 g/mol. The summed E-state index contributed by atoms with van der Waals surface area (Å²) in [7, 11) is 0. The SMILES string of the molecule is CCCCCCCC/C=C\CCCCCCCCOCCCCCCCC/C=C\CCCCCCCC.Nc1ccc(N)cc1. The van der Waals surface area contributed by atoms with Gasteiger partial charge in [0, 0.05) is 24.6 Å². The van der Waals surface area contributed by atoms with Gasteiger partial charge in [0.05, 0.1) is 0 Å². The van der Waals surface area contributed by atoms with Gasteiger partial charge in [-0.05, 0) is 88.5 Å². The molecule has 0 atom stereocenters. The van der Waals surface area contributed by atoms with Crippen LogP contribution in [0.2, 0.25) is 0 Å². The molecule has 0 unspecified atom stereocenters. The van der Waals surface area contributed by atoms with E-state index in [1.807, 2.05) is 0 Å². The third-order valence-corrected chi connectivity index (χ3v) is 8.54. The van der Waals surface area contributed by atoms with Crippen molar-refractivity contribution in [3.63, 3.8) is 0 Å². The molecule has 0 aliphatic carbocycles. The topological polar surface area (TPSA) is 61.3 Å². The summed E-state index contributed by atoms with van der Waals surface area (Å²) < 4.78 is 5.85. The van der Waals surface area contributed by atoms with Crippen molar-refractivity contribution in [2.75, 3.05) is 24.7 Å². The third kappa shape index (κ3) is 38.4. The van der Waals surface area contributed by atoms with Crippen LogP contribution in [-0.2, 0) is 4.74 Å². The quantitative estimate of drug-likeness (QED) is 0.0475. The Morgan fingerprint density at radius 3 is 0.911 bits per heavy atom. The third-order valence-electron chi connectivity index (χ3n) is 8.54. The van der Waals surface area contributed by atoms with Crippen molar-refractivity contribution >= 4 is 11.4 Å². The van der Waals surface area contributed by atoms with E-state index in [1.54, 1.807) is 24.3 Å². The fourth-order valence-corrected chi connectivity index (χ4v) is 5.50. The number of nitrogen functional groups attached to an aromatic ring is 2. The molecule has 0 radical (unpaired) electrons. The van der Waals surface area contributed by atoms with Gasteiger partial charge in [0.2, 0.25) is 0 Å². The maximum absolute atomic E-state index is 5.85. The fourth-order valence-electron chi connectivity index (χ4n) is 5.50. The average Bonchev–Trinajstić information content (AvgIpc) is 3.05. The van der Waals surface area contributed by atoms with Gasteiger partial charge >= 0.3 is 0 Å². The Balaban J connectivity index is 0.00000208. The van der Waals surface area contributed by atoms with Crippen LogP contribution in [0.15, 0.2) is 48.6 Å². The molecule has 0 amide bonds. The van der Waals surface area contributed by atoms with Crippen molar-refractivity contribution in [2.45, 2.75) is 194 Å². The highest BCUT2D eigenvalue weighted by molar-refractivity contribution is 5.47. The second kappa shape index (κ2) is 38.4. The number of benzene rings is 1. The van der Waals surface area contributed by atoms with Gasteiger partial charge in [-0.3, -0.25) is 0 Å². The Hall–Kier alpha value is -1.74. The molecule has 0 aliphatic heterocycles. The highest BCUT2D eigenvalue weighted by Crippen LogP contribution is 2.12. The van der Waals surface area contributed by atoms with Gasteiger partial charge in [0.25, 0.3) is 0 Å². The van der Waals surface area contributed by atoms with Crippen LogP contribution in [0.4, 0.5) is 11.4 Å². The smallest absolute Gasteiger partial charge is 0.0466 e. The van der Waals surface area contributed by atoms with E-state index >= 15 is 0 Å². The van der Waals surface area contributed by atoms with Crippen LogP contribution in [0.3, 0.4) is 0 Å². The van der Waals surface area contributed by atoms with Crippen LogP contribution >= 0.6 is 0 Å². The van der Waals surface area contributed by atoms with Gasteiger partial charge in [0.1, 0.15) is 0 Å². The van der Waals surface area contributed by atoms with E-state index in [0.29, 0.717) is 0 Å². The van der Waals surface area contributed by atoms with E-state index in [9.17, 15) is 0 Å². The summed E-state index contributed by atoms with van der Waals surface area (Å²) in [6.45, 7) is 6.54. The van der Waals surface area contributed by atoms with Crippen molar-refractivity contribution in [1.82, 2.24) is 0 Å². The molecule has 3 nitrogen and oxygen atoms in total. The van der Waals surface area contributed by atoms with E-state index in [1.165, 1.54) is 180 Å². The first-order valence-corrected chi connectivity index (χ1v) is 19.7. The summed E-state index contributed by atoms with van der Waals surface area (Å²) in [4.78, 5) is 0. The molecule has 45 heavy (non-hydrogen) atoms. The molecule has 0 bridgehead atoms. The molecule has 1 aromatic carbocycles. The molecule has 3 heteroatoms. The maximum Gasteiger partial charge on any atom is 0.0466 e. The van der Waals surface area contributed by atoms with Crippen molar-refractivity contribution in [2.24, 2.45) is 0 Å². The number of ether oxygens (including phenoxy) is 1. The van der Waals surface area contributed by atoms with Crippen molar-refractivity contribution in [1.29, 1.82) is 0 Å². The van der Waals surface area contributed by atoms with Gasteiger partial charge in [0.15, 0.2) is 0 Å². The Labute approximate surface area is 282 Å². The van der Waals surface area contributed by atoms with E-state index in [4.69, 9.17) is 16.2 Å². The minimum absolute atomic E-state index is 0.749. The zero-order valence-electron chi connectivity index (χ0n) is 30.4. The first-order chi connectivity index (χ1) is 22.2. The molecule has 0 spiro atoms. The number of nitrogens with two attached hydrogens (primary N) is 2. The lowest BCUT2D eigenvalue weighted by atomic mass is 10.1. The van der Waals surface area contributed by atoms with Gasteiger partial charge in [-0.15, -0.1) is 0 Å². The van der Waals surface area contributed by atoms with E-state index in [-0.39, 0.29) is 0 Å². The van der Waals surface area contributed by atoms with E-state index in [2.05, 4.69) is 38.2 Å². The molecule has 0 heterocycles. The Morgan fingerprint density at radius 1 is 0.378 bits per heavy atom. The molecule has 262 valence electrons.